The predicted molar refractivity (Wildman–Crippen MR) is 123 cm³/mol. The molecule has 0 bridgehead atoms. The van der Waals surface area contributed by atoms with Gasteiger partial charge >= 0.3 is 0 Å². The number of carbonyl (C=O) groups excluding carboxylic acids is 2. The number of hydrazone groups is 1. The third-order valence-electron chi connectivity index (χ3n) is 4.54. The number of anilines is 1. The van der Waals surface area contributed by atoms with Gasteiger partial charge in [-0.05, 0) is 74.2 Å². The highest BCUT2D eigenvalue weighted by molar-refractivity contribution is 6.03. The van der Waals surface area contributed by atoms with E-state index in [0.29, 0.717) is 30.4 Å². The first-order chi connectivity index (χ1) is 14.9. The number of nitrogens with zero attached hydrogens (tertiary/aromatic N) is 1. The van der Waals surface area contributed by atoms with E-state index in [9.17, 15) is 9.59 Å². The van der Waals surface area contributed by atoms with Gasteiger partial charge in [0.25, 0.3) is 0 Å². The number of hydrogen-bond acceptors (Lipinski definition) is 5. The molecular weight excluding hydrogens is 394 g/mol. The molecule has 2 N–H and O–H groups in total. The first-order valence-electron chi connectivity index (χ1n) is 10.5. The van der Waals surface area contributed by atoms with Crippen LogP contribution in [0.1, 0.15) is 49.8 Å². The molecule has 0 heterocycles. The fourth-order valence-corrected chi connectivity index (χ4v) is 2.71. The second-order valence-corrected chi connectivity index (χ2v) is 7.16. The average molecular weight is 426 g/mol. The maximum absolute atomic E-state index is 12.1. The van der Waals surface area contributed by atoms with Crippen molar-refractivity contribution in [2.75, 3.05) is 18.5 Å². The third kappa shape index (κ3) is 8.12. The second kappa shape index (κ2) is 12.4. The van der Waals surface area contributed by atoms with Gasteiger partial charge in [-0.2, -0.15) is 5.10 Å². The Hall–Kier alpha value is -3.35. The summed E-state index contributed by atoms with van der Waals surface area (Å²) in [5.74, 6) is 0.409. The van der Waals surface area contributed by atoms with Gasteiger partial charge in [-0.15, -0.1) is 0 Å². The van der Waals surface area contributed by atoms with Crippen LogP contribution in [0.4, 0.5) is 5.69 Å². The molecule has 0 aliphatic rings. The summed E-state index contributed by atoms with van der Waals surface area (Å²) in [6.45, 7) is 9.11. The molecule has 2 amide bonds. The summed E-state index contributed by atoms with van der Waals surface area (Å²) in [5.41, 5.74) is 5.98. The Labute approximate surface area is 183 Å². The molecule has 7 heteroatoms. The predicted octanol–water partition coefficient (Wildman–Crippen LogP) is 4.36. The average Bonchev–Trinajstić information content (AvgIpc) is 2.72. The lowest BCUT2D eigenvalue weighted by molar-refractivity contribution is -0.126. The Kier molecular flexibility index (Phi) is 9.55. The summed E-state index contributed by atoms with van der Waals surface area (Å²) < 4.78 is 11.4. The summed E-state index contributed by atoms with van der Waals surface area (Å²) in [4.78, 5) is 24.1. The van der Waals surface area contributed by atoms with Crippen molar-refractivity contribution in [3.8, 4) is 11.5 Å². The molecule has 0 radical (unpaired) electrons. The fourth-order valence-electron chi connectivity index (χ4n) is 2.71. The molecule has 2 aromatic carbocycles. The third-order valence-corrected chi connectivity index (χ3v) is 4.54. The van der Waals surface area contributed by atoms with E-state index in [2.05, 4.69) is 22.8 Å². The molecule has 0 spiro atoms. The zero-order valence-electron chi connectivity index (χ0n) is 18.7. The van der Waals surface area contributed by atoms with Crippen LogP contribution >= 0.6 is 0 Å². The molecule has 0 atom stereocenters. The smallest absolute Gasteiger partial charge is 0.249 e. The standard InChI is InChI=1S/C24H31N3O4/c1-5-7-12-31-21-11-9-19(14-22(21)30-6-2)16-25-27-24(29)15-23(28)26-20-10-8-17(3)18(4)13-20/h8-11,13-14,16H,5-7,12,15H2,1-4H3,(H,26,28)(H,27,29). The molecule has 0 fully saturated rings. The Morgan fingerprint density at radius 3 is 2.48 bits per heavy atom. The number of ether oxygens (including phenoxy) is 2. The van der Waals surface area contributed by atoms with Crippen molar-refractivity contribution in [3.05, 3.63) is 53.1 Å². The van der Waals surface area contributed by atoms with Crippen LogP contribution in [-0.4, -0.2) is 31.2 Å². The summed E-state index contributed by atoms with van der Waals surface area (Å²) in [6, 6.07) is 11.0. The van der Waals surface area contributed by atoms with Crippen LogP contribution in [0.25, 0.3) is 0 Å². The van der Waals surface area contributed by atoms with Crippen molar-refractivity contribution in [2.45, 2.75) is 47.0 Å². The molecule has 0 aromatic heterocycles. The zero-order chi connectivity index (χ0) is 22.6. The number of unbranched alkanes of at least 4 members (excludes halogenated alkanes) is 1. The van der Waals surface area contributed by atoms with Crippen LogP contribution < -0.4 is 20.2 Å². The maximum atomic E-state index is 12.1. The normalized spacial score (nSPS) is 10.7. The Morgan fingerprint density at radius 2 is 1.77 bits per heavy atom. The molecule has 166 valence electrons. The number of amides is 2. The SMILES string of the molecule is CCCCOc1ccc(C=NNC(=O)CC(=O)Nc2ccc(C)c(C)c2)cc1OCC. The van der Waals surface area contributed by atoms with Crippen LogP contribution in [0.15, 0.2) is 41.5 Å². The maximum Gasteiger partial charge on any atom is 0.249 e. The molecule has 0 aliphatic carbocycles. The van der Waals surface area contributed by atoms with E-state index in [4.69, 9.17) is 9.47 Å². The quantitative estimate of drug-likeness (QED) is 0.242. The summed E-state index contributed by atoms with van der Waals surface area (Å²) in [5, 5.41) is 6.65. The van der Waals surface area contributed by atoms with Crippen molar-refractivity contribution >= 4 is 23.7 Å². The lowest BCUT2D eigenvalue weighted by atomic mass is 10.1. The molecule has 2 aromatic rings. The lowest BCUT2D eigenvalue weighted by Gasteiger charge is -2.12. The van der Waals surface area contributed by atoms with Gasteiger partial charge in [0, 0.05) is 5.69 Å². The molecule has 0 unspecified atom stereocenters. The Morgan fingerprint density at radius 1 is 0.968 bits per heavy atom. The summed E-state index contributed by atoms with van der Waals surface area (Å²) >= 11 is 0. The topological polar surface area (TPSA) is 89.0 Å². The molecule has 7 nitrogen and oxygen atoms in total. The van der Waals surface area contributed by atoms with E-state index in [1.807, 2.05) is 51.1 Å². The highest BCUT2D eigenvalue weighted by Crippen LogP contribution is 2.28. The van der Waals surface area contributed by atoms with Gasteiger partial charge in [-0.25, -0.2) is 5.43 Å². The van der Waals surface area contributed by atoms with Crippen LogP contribution in [0, 0.1) is 13.8 Å². The van der Waals surface area contributed by atoms with Gasteiger partial charge in [0.2, 0.25) is 11.8 Å². The Balaban J connectivity index is 1.88. The van der Waals surface area contributed by atoms with E-state index >= 15 is 0 Å². The van der Waals surface area contributed by atoms with Gasteiger partial charge in [0.05, 0.1) is 19.4 Å². The summed E-state index contributed by atoms with van der Waals surface area (Å²) in [6.07, 6.45) is 3.20. The largest absolute Gasteiger partial charge is 0.490 e. The minimum Gasteiger partial charge on any atom is -0.490 e. The number of carbonyl (C=O) groups is 2. The molecular formula is C24H31N3O4. The van der Waals surface area contributed by atoms with E-state index in [1.165, 1.54) is 6.21 Å². The van der Waals surface area contributed by atoms with Crippen LogP contribution in [0.3, 0.4) is 0 Å². The first-order valence-corrected chi connectivity index (χ1v) is 10.5. The number of aryl methyl sites for hydroxylation is 2. The van der Waals surface area contributed by atoms with Crippen molar-refractivity contribution in [1.82, 2.24) is 5.43 Å². The van der Waals surface area contributed by atoms with E-state index < -0.39 is 11.8 Å². The molecule has 0 aliphatic heterocycles. The van der Waals surface area contributed by atoms with Crippen molar-refractivity contribution in [1.29, 1.82) is 0 Å². The van der Waals surface area contributed by atoms with Crippen molar-refractivity contribution in [2.24, 2.45) is 5.10 Å². The van der Waals surface area contributed by atoms with Crippen LogP contribution in [0.5, 0.6) is 11.5 Å². The zero-order valence-corrected chi connectivity index (χ0v) is 18.7. The highest BCUT2D eigenvalue weighted by atomic mass is 16.5. The molecule has 0 saturated heterocycles. The minimum atomic E-state index is -0.498. The monoisotopic (exact) mass is 425 g/mol. The number of nitrogens with one attached hydrogen (secondary N) is 2. The van der Waals surface area contributed by atoms with E-state index in [1.54, 1.807) is 6.07 Å². The number of benzene rings is 2. The first kappa shape index (κ1) is 23.9. The number of rotatable bonds is 11. The molecule has 0 saturated carbocycles. The van der Waals surface area contributed by atoms with Crippen molar-refractivity contribution < 1.29 is 19.1 Å². The molecule has 2 rings (SSSR count). The Bertz CT molecular complexity index is 925. The molecule has 31 heavy (non-hydrogen) atoms. The van der Waals surface area contributed by atoms with Gasteiger partial charge in [-0.3, -0.25) is 9.59 Å². The van der Waals surface area contributed by atoms with Gasteiger partial charge < -0.3 is 14.8 Å². The van der Waals surface area contributed by atoms with Gasteiger partial charge in [0.15, 0.2) is 11.5 Å². The van der Waals surface area contributed by atoms with E-state index in [0.717, 1.165) is 29.5 Å². The van der Waals surface area contributed by atoms with Crippen LogP contribution in [0.2, 0.25) is 0 Å². The van der Waals surface area contributed by atoms with Gasteiger partial charge in [0.1, 0.15) is 6.42 Å². The number of hydrogen-bond donors (Lipinski definition) is 2. The second-order valence-electron chi connectivity index (χ2n) is 7.16. The van der Waals surface area contributed by atoms with Gasteiger partial charge in [-0.1, -0.05) is 19.4 Å². The van der Waals surface area contributed by atoms with Crippen molar-refractivity contribution in [3.63, 3.8) is 0 Å². The summed E-state index contributed by atoms with van der Waals surface area (Å²) in [7, 11) is 0. The lowest BCUT2D eigenvalue weighted by Crippen LogP contribution is -2.24. The van der Waals surface area contributed by atoms with Crippen LogP contribution in [-0.2, 0) is 9.59 Å². The van der Waals surface area contributed by atoms with E-state index in [-0.39, 0.29) is 6.42 Å². The minimum absolute atomic E-state index is 0.321. The fraction of sp³-hybridized carbons (Fsp3) is 0.375. The highest BCUT2D eigenvalue weighted by Gasteiger charge is 2.10.